The molecule has 1 aromatic rings. The first-order valence-electron chi connectivity index (χ1n) is 5.30. The summed E-state index contributed by atoms with van der Waals surface area (Å²) in [5, 5.41) is 0. The molecule has 86 valence electrons. The number of ether oxygens (including phenoxy) is 2. The lowest BCUT2D eigenvalue weighted by molar-refractivity contribution is 0.0509. The summed E-state index contributed by atoms with van der Waals surface area (Å²) in [5.74, 6) is 0.758. The molecule has 0 spiro atoms. The topological polar surface area (TPSA) is 48.7 Å². The molecular formula is C12H14O4. The minimum Gasteiger partial charge on any atom is -0.465 e. The highest BCUT2D eigenvalue weighted by molar-refractivity contribution is 5.69. The maximum atomic E-state index is 11.1. The number of methoxy groups -OCH3 is 1. The molecule has 1 aromatic heterocycles. The fraction of sp³-hybridized carbons (Fsp3) is 0.417. The Kier molecular flexibility index (Phi) is 3.29. The highest BCUT2D eigenvalue weighted by Crippen LogP contribution is 2.29. The Bertz CT molecular complexity index is 378. The molecule has 1 unspecified atom stereocenters. The average molecular weight is 222 g/mol. The van der Waals surface area contributed by atoms with Crippen molar-refractivity contribution in [2.45, 2.75) is 25.4 Å². The maximum Gasteiger partial charge on any atom is 0.508 e. The highest BCUT2D eigenvalue weighted by atomic mass is 16.7. The zero-order chi connectivity index (χ0) is 11.4. The second-order valence-electron chi connectivity index (χ2n) is 3.63. The number of rotatable bonds is 2. The van der Waals surface area contributed by atoms with Crippen LogP contribution in [-0.2, 0) is 9.47 Å². The van der Waals surface area contributed by atoms with Crippen molar-refractivity contribution in [3.8, 4) is 0 Å². The van der Waals surface area contributed by atoms with E-state index in [0.29, 0.717) is 0 Å². The Labute approximate surface area is 93.8 Å². The van der Waals surface area contributed by atoms with Crippen molar-refractivity contribution in [3.05, 3.63) is 30.2 Å². The van der Waals surface area contributed by atoms with E-state index >= 15 is 0 Å². The molecule has 0 N–H and O–H groups in total. The molecule has 0 saturated heterocycles. The second-order valence-corrected chi connectivity index (χ2v) is 3.63. The fourth-order valence-electron chi connectivity index (χ4n) is 1.84. The van der Waals surface area contributed by atoms with Gasteiger partial charge in [0.05, 0.1) is 13.4 Å². The summed E-state index contributed by atoms with van der Waals surface area (Å²) in [4.78, 5) is 11.1. The van der Waals surface area contributed by atoms with Gasteiger partial charge in [-0.25, -0.2) is 4.79 Å². The van der Waals surface area contributed by atoms with Gasteiger partial charge in [-0.3, -0.25) is 0 Å². The van der Waals surface area contributed by atoms with Gasteiger partial charge in [-0.2, -0.15) is 0 Å². The van der Waals surface area contributed by atoms with Crippen molar-refractivity contribution >= 4 is 11.7 Å². The Morgan fingerprint density at radius 3 is 3.12 bits per heavy atom. The predicted octanol–water partition coefficient (Wildman–Crippen LogP) is 3.00. The molecule has 0 bridgehead atoms. The third-order valence-electron chi connectivity index (χ3n) is 2.59. The zero-order valence-electron chi connectivity index (χ0n) is 9.14. The van der Waals surface area contributed by atoms with E-state index in [1.807, 2.05) is 12.1 Å². The lowest BCUT2D eigenvalue weighted by Gasteiger charge is -2.22. The summed E-state index contributed by atoms with van der Waals surface area (Å²) in [6, 6.07) is 3.69. The molecular weight excluding hydrogens is 208 g/mol. The maximum absolute atomic E-state index is 11.1. The summed E-state index contributed by atoms with van der Waals surface area (Å²) in [6.07, 6.45) is 5.55. The number of furan rings is 1. The SMILES string of the molecule is COC(=O)OC1CCCC=C1c1ccco1. The Morgan fingerprint density at radius 2 is 2.44 bits per heavy atom. The second kappa shape index (κ2) is 4.88. The van der Waals surface area contributed by atoms with E-state index in [2.05, 4.69) is 10.8 Å². The quantitative estimate of drug-likeness (QED) is 0.722. The van der Waals surface area contributed by atoms with Gasteiger partial charge in [0, 0.05) is 5.57 Å². The van der Waals surface area contributed by atoms with Crippen molar-refractivity contribution in [2.24, 2.45) is 0 Å². The first-order chi connectivity index (χ1) is 7.81. The van der Waals surface area contributed by atoms with E-state index in [1.54, 1.807) is 6.26 Å². The molecule has 0 aromatic carbocycles. The van der Waals surface area contributed by atoms with Crippen molar-refractivity contribution in [3.63, 3.8) is 0 Å². The Balaban J connectivity index is 2.14. The van der Waals surface area contributed by atoms with Gasteiger partial charge in [0.2, 0.25) is 0 Å². The third kappa shape index (κ3) is 2.27. The van der Waals surface area contributed by atoms with Crippen LogP contribution in [0.3, 0.4) is 0 Å². The number of hydrogen-bond acceptors (Lipinski definition) is 4. The summed E-state index contributed by atoms with van der Waals surface area (Å²) in [6.45, 7) is 0. The van der Waals surface area contributed by atoms with E-state index in [1.165, 1.54) is 7.11 Å². The van der Waals surface area contributed by atoms with E-state index in [9.17, 15) is 4.79 Å². The molecule has 4 nitrogen and oxygen atoms in total. The monoisotopic (exact) mass is 222 g/mol. The first-order valence-corrected chi connectivity index (χ1v) is 5.30. The molecule has 1 atom stereocenters. The number of carbonyl (C=O) groups is 1. The summed E-state index contributed by atoms with van der Waals surface area (Å²) in [7, 11) is 1.31. The van der Waals surface area contributed by atoms with Crippen LogP contribution in [0, 0.1) is 0 Å². The number of hydrogen-bond donors (Lipinski definition) is 0. The number of allylic oxidation sites excluding steroid dienone is 1. The lowest BCUT2D eigenvalue weighted by Crippen LogP contribution is -2.21. The third-order valence-corrected chi connectivity index (χ3v) is 2.59. The van der Waals surface area contributed by atoms with Crippen molar-refractivity contribution in [1.29, 1.82) is 0 Å². The summed E-state index contributed by atoms with van der Waals surface area (Å²) in [5.41, 5.74) is 0.932. The van der Waals surface area contributed by atoms with Gasteiger partial charge >= 0.3 is 6.16 Å². The summed E-state index contributed by atoms with van der Waals surface area (Å²) >= 11 is 0. The van der Waals surface area contributed by atoms with E-state index in [0.717, 1.165) is 30.6 Å². The molecule has 0 fully saturated rings. The van der Waals surface area contributed by atoms with Crippen molar-refractivity contribution in [1.82, 2.24) is 0 Å². The molecule has 1 aliphatic carbocycles. The smallest absolute Gasteiger partial charge is 0.465 e. The summed E-state index contributed by atoms with van der Waals surface area (Å²) < 4.78 is 15.0. The van der Waals surface area contributed by atoms with E-state index in [4.69, 9.17) is 9.15 Å². The predicted molar refractivity (Wildman–Crippen MR) is 57.8 cm³/mol. The lowest BCUT2D eigenvalue weighted by atomic mass is 9.95. The van der Waals surface area contributed by atoms with Crippen molar-refractivity contribution < 1.29 is 18.7 Å². The van der Waals surface area contributed by atoms with Crippen LogP contribution < -0.4 is 0 Å². The first kappa shape index (κ1) is 10.8. The van der Waals surface area contributed by atoms with E-state index < -0.39 is 6.16 Å². The van der Waals surface area contributed by atoms with Crippen LogP contribution in [0.2, 0.25) is 0 Å². The van der Waals surface area contributed by atoms with Crippen LogP contribution in [0.5, 0.6) is 0 Å². The number of carbonyl (C=O) groups excluding carboxylic acids is 1. The van der Waals surface area contributed by atoms with Crippen LogP contribution >= 0.6 is 0 Å². The van der Waals surface area contributed by atoms with Gasteiger partial charge in [0.25, 0.3) is 0 Å². The molecule has 0 radical (unpaired) electrons. The zero-order valence-corrected chi connectivity index (χ0v) is 9.14. The largest absolute Gasteiger partial charge is 0.508 e. The highest BCUT2D eigenvalue weighted by Gasteiger charge is 2.24. The normalized spacial score (nSPS) is 20.1. The van der Waals surface area contributed by atoms with Crippen molar-refractivity contribution in [2.75, 3.05) is 7.11 Å². The van der Waals surface area contributed by atoms with Crippen LogP contribution in [-0.4, -0.2) is 19.4 Å². The van der Waals surface area contributed by atoms with Gasteiger partial charge in [-0.15, -0.1) is 0 Å². The fourth-order valence-corrected chi connectivity index (χ4v) is 1.84. The van der Waals surface area contributed by atoms with Gasteiger partial charge in [0.1, 0.15) is 11.9 Å². The van der Waals surface area contributed by atoms with Crippen LogP contribution in [0.4, 0.5) is 4.79 Å². The molecule has 1 heterocycles. The van der Waals surface area contributed by atoms with Gasteiger partial charge in [0.15, 0.2) is 0 Å². The minimum absolute atomic E-state index is 0.257. The van der Waals surface area contributed by atoms with Gasteiger partial charge in [-0.05, 0) is 31.4 Å². The van der Waals surface area contributed by atoms with E-state index in [-0.39, 0.29) is 6.10 Å². The molecule has 0 aliphatic heterocycles. The van der Waals surface area contributed by atoms with Crippen LogP contribution in [0.1, 0.15) is 25.0 Å². The molecule has 4 heteroatoms. The molecule has 16 heavy (non-hydrogen) atoms. The van der Waals surface area contributed by atoms with Gasteiger partial charge < -0.3 is 13.9 Å². The standard InChI is InChI=1S/C12H14O4/c1-14-12(13)16-11-6-3-2-5-9(11)10-7-4-8-15-10/h4-5,7-8,11H,2-3,6H2,1H3. The van der Waals surface area contributed by atoms with Crippen LogP contribution in [0.25, 0.3) is 5.57 Å². The Hall–Kier alpha value is -1.71. The molecule has 2 rings (SSSR count). The minimum atomic E-state index is -0.649. The molecule has 1 aliphatic rings. The average Bonchev–Trinajstić information content (AvgIpc) is 2.83. The Morgan fingerprint density at radius 1 is 1.56 bits per heavy atom. The molecule has 0 amide bonds. The molecule has 0 saturated carbocycles. The van der Waals surface area contributed by atoms with Crippen LogP contribution in [0.15, 0.2) is 28.9 Å². The van der Waals surface area contributed by atoms with Gasteiger partial charge in [-0.1, -0.05) is 6.08 Å².